The zero-order valence-electron chi connectivity index (χ0n) is 14.5. The van der Waals surface area contributed by atoms with Gasteiger partial charge in [-0.15, -0.1) is 0 Å². The fourth-order valence-electron chi connectivity index (χ4n) is 3.48. The number of anilines is 1. The summed E-state index contributed by atoms with van der Waals surface area (Å²) in [4.78, 5) is 14.5. The first-order valence-electron chi connectivity index (χ1n) is 8.47. The lowest BCUT2D eigenvalue weighted by atomic mass is 9.89. The number of benzene rings is 1. The van der Waals surface area contributed by atoms with Gasteiger partial charge in [-0.25, -0.2) is 4.79 Å². The molecule has 6 heteroatoms. The maximum absolute atomic E-state index is 12.2. The molecule has 2 rings (SSSR count). The van der Waals surface area contributed by atoms with Gasteiger partial charge in [0.05, 0.1) is 10.0 Å². The first-order chi connectivity index (χ1) is 11.4. The number of ether oxygens (including phenoxy) is 1. The predicted molar refractivity (Wildman–Crippen MR) is 100 cm³/mol. The number of nitrogens with zero attached hydrogens (tertiary/aromatic N) is 1. The molecule has 1 aliphatic rings. The van der Waals surface area contributed by atoms with E-state index < -0.39 is 6.09 Å². The third-order valence-electron chi connectivity index (χ3n) is 4.76. The number of halogens is 2. The van der Waals surface area contributed by atoms with Crippen LogP contribution >= 0.6 is 23.2 Å². The van der Waals surface area contributed by atoms with Crippen molar-refractivity contribution in [2.45, 2.75) is 51.2 Å². The second-order valence-electron chi connectivity index (χ2n) is 6.70. The largest absolute Gasteiger partial charge is 0.446 e. The summed E-state index contributed by atoms with van der Waals surface area (Å²) in [5.74, 6) is 0.349. The molecule has 1 amide bonds. The van der Waals surface area contributed by atoms with Crippen LogP contribution in [0.2, 0.25) is 10.0 Å². The molecule has 0 aromatic heterocycles. The van der Waals surface area contributed by atoms with Crippen molar-refractivity contribution in [3.63, 3.8) is 0 Å². The molecule has 3 atom stereocenters. The molecule has 0 radical (unpaired) electrons. The van der Waals surface area contributed by atoms with Crippen LogP contribution in [0.5, 0.6) is 0 Å². The lowest BCUT2D eigenvalue weighted by Crippen LogP contribution is -2.41. The third-order valence-corrected chi connectivity index (χ3v) is 5.50. The van der Waals surface area contributed by atoms with E-state index in [1.54, 1.807) is 18.2 Å². The van der Waals surface area contributed by atoms with E-state index in [4.69, 9.17) is 27.9 Å². The van der Waals surface area contributed by atoms with Crippen molar-refractivity contribution >= 4 is 35.0 Å². The zero-order valence-corrected chi connectivity index (χ0v) is 16.0. The van der Waals surface area contributed by atoms with Crippen molar-refractivity contribution in [2.24, 2.45) is 5.92 Å². The molecule has 4 nitrogen and oxygen atoms in total. The molecule has 3 unspecified atom stereocenters. The normalized spacial score (nSPS) is 22.8. The van der Waals surface area contributed by atoms with Gasteiger partial charge in [-0.05, 0) is 52.1 Å². The summed E-state index contributed by atoms with van der Waals surface area (Å²) in [6, 6.07) is 5.41. The van der Waals surface area contributed by atoms with Gasteiger partial charge in [0.15, 0.2) is 0 Å². The molecule has 0 heterocycles. The summed E-state index contributed by atoms with van der Waals surface area (Å²) in [5, 5.41) is 3.58. The summed E-state index contributed by atoms with van der Waals surface area (Å²) in [6.07, 6.45) is 5.33. The summed E-state index contributed by atoms with van der Waals surface area (Å²) in [5.41, 5.74) is 0.576. The summed E-state index contributed by atoms with van der Waals surface area (Å²) in [7, 11) is 4.21. The van der Waals surface area contributed by atoms with Crippen LogP contribution in [0.4, 0.5) is 10.5 Å². The van der Waals surface area contributed by atoms with Gasteiger partial charge in [-0.3, -0.25) is 5.32 Å². The van der Waals surface area contributed by atoms with E-state index in [0.717, 1.165) is 12.8 Å². The van der Waals surface area contributed by atoms with E-state index in [9.17, 15) is 4.79 Å². The van der Waals surface area contributed by atoms with Crippen molar-refractivity contribution in [3.05, 3.63) is 28.2 Å². The number of nitrogens with one attached hydrogen (secondary N) is 1. The van der Waals surface area contributed by atoms with Crippen molar-refractivity contribution in [1.82, 2.24) is 4.90 Å². The topological polar surface area (TPSA) is 41.6 Å². The highest BCUT2D eigenvalue weighted by Gasteiger charge is 2.31. The van der Waals surface area contributed by atoms with Crippen molar-refractivity contribution in [2.75, 3.05) is 19.4 Å². The summed E-state index contributed by atoms with van der Waals surface area (Å²) < 4.78 is 5.65. The average Bonchev–Trinajstić information content (AvgIpc) is 2.76. The maximum Gasteiger partial charge on any atom is 0.411 e. The Morgan fingerprint density at radius 3 is 2.58 bits per heavy atom. The van der Waals surface area contributed by atoms with Gasteiger partial charge in [0, 0.05) is 17.6 Å². The first-order valence-corrected chi connectivity index (χ1v) is 9.23. The minimum absolute atomic E-state index is 0.140. The van der Waals surface area contributed by atoms with Crippen molar-refractivity contribution in [1.29, 1.82) is 0 Å². The van der Waals surface area contributed by atoms with Gasteiger partial charge in [0.25, 0.3) is 0 Å². The van der Waals surface area contributed by atoms with E-state index >= 15 is 0 Å². The molecule has 0 spiro atoms. The lowest BCUT2D eigenvalue weighted by Gasteiger charge is -2.34. The Labute approximate surface area is 154 Å². The van der Waals surface area contributed by atoms with E-state index in [1.807, 2.05) is 6.92 Å². The quantitative estimate of drug-likeness (QED) is 0.715. The Kier molecular flexibility index (Phi) is 7.20. The van der Waals surface area contributed by atoms with E-state index in [1.165, 1.54) is 19.3 Å². The summed E-state index contributed by atoms with van der Waals surface area (Å²) >= 11 is 11.9. The lowest BCUT2D eigenvalue weighted by molar-refractivity contribution is 0.0437. The molecule has 24 heavy (non-hydrogen) atoms. The van der Waals surface area contributed by atoms with Crippen LogP contribution in [0.3, 0.4) is 0 Å². The average molecular weight is 373 g/mol. The second-order valence-corrected chi connectivity index (χ2v) is 7.51. The van der Waals surface area contributed by atoms with Crippen LogP contribution < -0.4 is 5.32 Å². The third kappa shape index (κ3) is 5.27. The van der Waals surface area contributed by atoms with Gasteiger partial charge < -0.3 is 9.64 Å². The monoisotopic (exact) mass is 372 g/mol. The Bertz CT molecular complexity index is 566. The number of carbonyl (C=O) groups excluding carboxylic acids is 1. The smallest absolute Gasteiger partial charge is 0.411 e. The molecule has 1 aromatic carbocycles. The molecule has 134 valence electrons. The van der Waals surface area contributed by atoms with Gasteiger partial charge in [0.2, 0.25) is 0 Å². The maximum atomic E-state index is 12.2. The molecular formula is C18H26Cl2N2O2. The number of hydrogen-bond donors (Lipinski definition) is 1. The number of amides is 1. The number of rotatable bonds is 4. The highest BCUT2D eigenvalue weighted by Crippen LogP contribution is 2.30. The Morgan fingerprint density at radius 2 is 1.92 bits per heavy atom. The fourth-order valence-corrected chi connectivity index (χ4v) is 3.78. The Balaban J connectivity index is 1.97. The number of carbonyl (C=O) groups is 1. The molecule has 0 saturated heterocycles. The first kappa shape index (κ1) is 19.4. The molecule has 1 fully saturated rings. The van der Waals surface area contributed by atoms with Crippen LogP contribution in [0, 0.1) is 5.92 Å². The van der Waals surface area contributed by atoms with Crippen LogP contribution in [0.25, 0.3) is 0 Å². The molecule has 1 saturated carbocycles. The van der Waals surface area contributed by atoms with Crippen LogP contribution in [0.15, 0.2) is 18.2 Å². The van der Waals surface area contributed by atoms with E-state index in [2.05, 4.69) is 24.3 Å². The second kappa shape index (κ2) is 8.93. The van der Waals surface area contributed by atoms with Gasteiger partial charge in [-0.2, -0.15) is 0 Å². The van der Waals surface area contributed by atoms with Crippen LogP contribution in [0.1, 0.15) is 39.0 Å². The van der Waals surface area contributed by atoms with Crippen LogP contribution in [-0.4, -0.2) is 37.2 Å². The van der Waals surface area contributed by atoms with E-state index in [-0.39, 0.29) is 6.10 Å². The van der Waals surface area contributed by atoms with E-state index in [0.29, 0.717) is 27.7 Å². The zero-order chi connectivity index (χ0) is 17.7. The Morgan fingerprint density at radius 1 is 1.21 bits per heavy atom. The van der Waals surface area contributed by atoms with Gasteiger partial charge >= 0.3 is 6.09 Å². The summed E-state index contributed by atoms with van der Waals surface area (Å²) in [6.45, 7) is 1.99. The van der Waals surface area contributed by atoms with Gasteiger partial charge in [-0.1, -0.05) is 42.5 Å². The minimum atomic E-state index is -0.456. The minimum Gasteiger partial charge on any atom is -0.446 e. The SMILES string of the molecule is CC(OC(=O)Nc1ccc(Cl)c(Cl)c1)C1CCCCCC1N(C)C. The van der Waals surface area contributed by atoms with Gasteiger partial charge in [0.1, 0.15) is 6.10 Å². The molecule has 1 aromatic rings. The molecule has 1 N–H and O–H groups in total. The predicted octanol–water partition coefficient (Wildman–Crippen LogP) is 5.44. The Hall–Kier alpha value is -0.970. The standard InChI is InChI=1S/C18H26Cl2N2O2/c1-12(14-7-5-4-6-8-17(14)22(2)3)24-18(23)21-13-9-10-15(19)16(20)11-13/h9-12,14,17H,4-8H2,1-3H3,(H,21,23). The van der Waals surface area contributed by atoms with Crippen molar-refractivity contribution < 1.29 is 9.53 Å². The number of hydrogen-bond acceptors (Lipinski definition) is 3. The molecule has 1 aliphatic carbocycles. The molecule has 0 bridgehead atoms. The molecule has 0 aliphatic heterocycles. The van der Waals surface area contributed by atoms with Crippen molar-refractivity contribution in [3.8, 4) is 0 Å². The fraction of sp³-hybridized carbons (Fsp3) is 0.611. The highest BCUT2D eigenvalue weighted by molar-refractivity contribution is 6.42. The highest BCUT2D eigenvalue weighted by atomic mass is 35.5. The van der Waals surface area contributed by atoms with Crippen LogP contribution in [-0.2, 0) is 4.74 Å². The molecular weight excluding hydrogens is 347 g/mol.